The number of imidazole rings is 1. The SMILES string of the molecule is Cn1c(-c2ccc(C(=N)N)cc2)nc2ccc(C(=O)NCCC(=O)O)cc21. The Morgan fingerprint density at radius 3 is 2.48 bits per heavy atom. The predicted molar refractivity (Wildman–Crippen MR) is 102 cm³/mol. The molecule has 1 heterocycles. The number of nitrogens with one attached hydrogen (secondary N) is 2. The van der Waals surface area contributed by atoms with E-state index in [2.05, 4.69) is 10.3 Å². The number of nitrogens with two attached hydrogens (primary N) is 1. The van der Waals surface area contributed by atoms with E-state index in [1.807, 2.05) is 23.7 Å². The first-order valence-corrected chi connectivity index (χ1v) is 8.28. The largest absolute Gasteiger partial charge is 0.481 e. The molecule has 8 nitrogen and oxygen atoms in total. The summed E-state index contributed by atoms with van der Waals surface area (Å²) in [5, 5.41) is 18.7. The standard InChI is InChI=1S/C19H19N5O3/c1-24-15-10-13(19(27)22-9-8-16(25)26)6-7-14(15)23-18(24)12-4-2-11(3-5-12)17(20)21/h2-7,10H,8-9H2,1H3,(H3,20,21)(H,22,27)(H,25,26). The maximum absolute atomic E-state index is 12.2. The zero-order valence-corrected chi connectivity index (χ0v) is 14.7. The minimum Gasteiger partial charge on any atom is -0.481 e. The molecule has 0 saturated heterocycles. The molecule has 138 valence electrons. The maximum atomic E-state index is 12.2. The first-order chi connectivity index (χ1) is 12.9. The van der Waals surface area contributed by atoms with Crippen molar-refractivity contribution in [1.29, 1.82) is 5.41 Å². The number of benzene rings is 2. The van der Waals surface area contributed by atoms with Gasteiger partial charge in [0.25, 0.3) is 5.91 Å². The van der Waals surface area contributed by atoms with Gasteiger partial charge in [-0.2, -0.15) is 0 Å². The lowest BCUT2D eigenvalue weighted by atomic mass is 10.1. The molecule has 2 aromatic carbocycles. The highest BCUT2D eigenvalue weighted by atomic mass is 16.4. The van der Waals surface area contributed by atoms with E-state index in [0.29, 0.717) is 11.1 Å². The van der Waals surface area contributed by atoms with Crippen molar-refractivity contribution < 1.29 is 14.7 Å². The Kier molecular flexibility index (Phi) is 4.89. The van der Waals surface area contributed by atoms with Gasteiger partial charge in [-0.3, -0.25) is 15.0 Å². The van der Waals surface area contributed by atoms with Gasteiger partial charge in [-0.1, -0.05) is 24.3 Å². The molecule has 0 saturated carbocycles. The van der Waals surface area contributed by atoms with Crippen LogP contribution in [0.15, 0.2) is 42.5 Å². The first-order valence-electron chi connectivity index (χ1n) is 8.28. The van der Waals surface area contributed by atoms with E-state index in [4.69, 9.17) is 16.2 Å². The van der Waals surface area contributed by atoms with Crippen LogP contribution in [-0.4, -0.2) is 38.9 Å². The summed E-state index contributed by atoms with van der Waals surface area (Å²) in [6.45, 7) is 0.0747. The Hall–Kier alpha value is -3.68. The summed E-state index contributed by atoms with van der Waals surface area (Å²) in [4.78, 5) is 27.4. The third-order valence-electron chi connectivity index (χ3n) is 4.22. The van der Waals surface area contributed by atoms with Crippen LogP contribution in [0.25, 0.3) is 22.4 Å². The van der Waals surface area contributed by atoms with E-state index in [0.717, 1.165) is 22.4 Å². The molecule has 0 unspecified atom stereocenters. The number of fused-ring (bicyclic) bond motifs is 1. The van der Waals surface area contributed by atoms with Crippen molar-refractivity contribution in [2.75, 3.05) is 6.54 Å². The molecule has 0 spiro atoms. The summed E-state index contributed by atoms with van der Waals surface area (Å²) in [6, 6.07) is 12.4. The summed E-state index contributed by atoms with van der Waals surface area (Å²) >= 11 is 0. The molecular weight excluding hydrogens is 346 g/mol. The number of nitrogen functional groups attached to an aromatic ring is 1. The third-order valence-corrected chi connectivity index (χ3v) is 4.22. The lowest BCUT2D eigenvalue weighted by molar-refractivity contribution is -0.136. The number of carboxylic acid groups (broad SMARTS) is 1. The Morgan fingerprint density at radius 2 is 1.85 bits per heavy atom. The topological polar surface area (TPSA) is 134 Å². The lowest BCUT2D eigenvalue weighted by Crippen LogP contribution is -2.25. The van der Waals surface area contributed by atoms with Crippen molar-refractivity contribution in [3.63, 3.8) is 0 Å². The zero-order chi connectivity index (χ0) is 19.6. The number of rotatable bonds is 6. The molecule has 0 atom stereocenters. The van der Waals surface area contributed by atoms with Gasteiger partial charge in [-0.05, 0) is 18.2 Å². The fourth-order valence-corrected chi connectivity index (χ4v) is 2.77. The number of aliphatic carboxylic acids is 1. The third kappa shape index (κ3) is 3.79. The predicted octanol–water partition coefficient (Wildman–Crippen LogP) is 1.73. The quantitative estimate of drug-likeness (QED) is 0.390. The molecule has 3 rings (SSSR count). The smallest absolute Gasteiger partial charge is 0.305 e. The Bertz CT molecular complexity index is 1040. The number of carboxylic acids is 1. The minimum absolute atomic E-state index is 0.00473. The van der Waals surface area contributed by atoms with Crippen LogP contribution in [0, 0.1) is 5.41 Å². The van der Waals surface area contributed by atoms with Gasteiger partial charge in [-0.15, -0.1) is 0 Å². The van der Waals surface area contributed by atoms with Crippen LogP contribution in [0.5, 0.6) is 0 Å². The van der Waals surface area contributed by atoms with Crippen molar-refractivity contribution in [3.8, 4) is 11.4 Å². The highest BCUT2D eigenvalue weighted by Gasteiger charge is 2.13. The highest BCUT2D eigenvalue weighted by Crippen LogP contribution is 2.24. The van der Waals surface area contributed by atoms with Crippen molar-refractivity contribution in [1.82, 2.24) is 14.9 Å². The second-order valence-corrected chi connectivity index (χ2v) is 6.09. The average Bonchev–Trinajstić information content (AvgIpc) is 2.97. The molecule has 3 aromatic rings. The number of nitrogens with zero attached hydrogens (tertiary/aromatic N) is 2. The van der Waals surface area contributed by atoms with Crippen LogP contribution in [0.1, 0.15) is 22.3 Å². The maximum Gasteiger partial charge on any atom is 0.305 e. The van der Waals surface area contributed by atoms with Gasteiger partial charge < -0.3 is 20.7 Å². The van der Waals surface area contributed by atoms with E-state index in [1.165, 1.54) is 0 Å². The fraction of sp³-hybridized carbons (Fsp3) is 0.158. The van der Waals surface area contributed by atoms with Crippen LogP contribution >= 0.6 is 0 Å². The van der Waals surface area contributed by atoms with Crippen molar-refractivity contribution in [2.45, 2.75) is 6.42 Å². The minimum atomic E-state index is -0.960. The molecule has 27 heavy (non-hydrogen) atoms. The second-order valence-electron chi connectivity index (χ2n) is 6.09. The molecule has 0 bridgehead atoms. The normalized spacial score (nSPS) is 10.7. The van der Waals surface area contributed by atoms with Crippen LogP contribution in [0.2, 0.25) is 0 Å². The molecule has 8 heteroatoms. The van der Waals surface area contributed by atoms with E-state index >= 15 is 0 Å². The zero-order valence-electron chi connectivity index (χ0n) is 14.7. The molecule has 0 aliphatic carbocycles. The Morgan fingerprint density at radius 1 is 1.19 bits per heavy atom. The van der Waals surface area contributed by atoms with Gasteiger partial charge in [0.05, 0.1) is 17.5 Å². The number of aromatic nitrogens is 2. The monoisotopic (exact) mass is 365 g/mol. The summed E-state index contributed by atoms with van der Waals surface area (Å²) < 4.78 is 1.88. The molecule has 0 radical (unpaired) electrons. The van der Waals surface area contributed by atoms with Crippen LogP contribution in [0.4, 0.5) is 0 Å². The van der Waals surface area contributed by atoms with Crippen LogP contribution in [-0.2, 0) is 11.8 Å². The van der Waals surface area contributed by atoms with Gasteiger partial charge in [0.1, 0.15) is 11.7 Å². The lowest BCUT2D eigenvalue weighted by Gasteiger charge is -2.05. The van der Waals surface area contributed by atoms with Crippen LogP contribution < -0.4 is 11.1 Å². The number of carbonyl (C=O) groups excluding carboxylic acids is 1. The first kappa shape index (κ1) is 18.1. The van der Waals surface area contributed by atoms with Gasteiger partial charge in [0, 0.05) is 30.3 Å². The van der Waals surface area contributed by atoms with E-state index < -0.39 is 5.97 Å². The number of amidine groups is 1. The second kappa shape index (κ2) is 7.28. The number of hydrogen-bond donors (Lipinski definition) is 4. The van der Waals surface area contributed by atoms with Gasteiger partial charge in [0.2, 0.25) is 0 Å². The van der Waals surface area contributed by atoms with E-state index in [-0.39, 0.29) is 24.7 Å². The highest BCUT2D eigenvalue weighted by molar-refractivity contribution is 5.98. The van der Waals surface area contributed by atoms with Crippen LogP contribution in [0.3, 0.4) is 0 Å². The molecule has 0 fully saturated rings. The molecule has 0 aliphatic heterocycles. The van der Waals surface area contributed by atoms with Crippen molar-refractivity contribution >= 4 is 28.7 Å². The fourth-order valence-electron chi connectivity index (χ4n) is 2.77. The molecular formula is C19H19N5O3. The van der Waals surface area contributed by atoms with Gasteiger partial charge in [0.15, 0.2) is 0 Å². The summed E-state index contributed by atoms with van der Waals surface area (Å²) in [6.07, 6.45) is -0.125. The van der Waals surface area contributed by atoms with Crippen molar-refractivity contribution in [3.05, 3.63) is 53.6 Å². The number of hydrogen-bond acceptors (Lipinski definition) is 4. The molecule has 1 aromatic heterocycles. The Labute approximate surface area is 155 Å². The molecule has 5 N–H and O–H groups in total. The number of aryl methyl sites for hydroxylation is 1. The summed E-state index contributed by atoms with van der Waals surface area (Å²) in [7, 11) is 1.86. The van der Waals surface area contributed by atoms with E-state index in [9.17, 15) is 9.59 Å². The molecule has 0 aliphatic rings. The number of amides is 1. The van der Waals surface area contributed by atoms with Crippen molar-refractivity contribution in [2.24, 2.45) is 12.8 Å². The molecule has 1 amide bonds. The van der Waals surface area contributed by atoms with Gasteiger partial charge in [-0.25, -0.2) is 4.98 Å². The summed E-state index contributed by atoms with van der Waals surface area (Å²) in [5.41, 5.74) is 8.95. The van der Waals surface area contributed by atoms with E-state index in [1.54, 1.807) is 30.3 Å². The van der Waals surface area contributed by atoms with Gasteiger partial charge >= 0.3 is 5.97 Å². The number of carbonyl (C=O) groups is 2. The average molecular weight is 365 g/mol. The Balaban J connectivity index is 1.89. The summed E-state index contributed by atoms with van der Waals surface area (Å²) in [5.74, 6) is -0.557.